The molecular weight excluding hydrogens is 264 g/mol. The number of nitrogens with one attached hydrogen (secondary N) is 1. The Labute approximate surface area is 106 Å². The van der Waals surface area contributed by atoms with E-state index in [1.165, 1.54) is 30.4 Å². The third kappa shape index (κ3) is 3.06. The fourth-order valence-electron chi connectivity index (χ4n) is 1.98. The number of hydrogen-bond acceptors (Lipinski definition) is 2. The Morgan fingerprint density at radius 1 is 1.50 bits per heavy atom. The van der Waals surface area contributed by atoms with E-state index >= 15 is 0 Å². The molecule has 1 aromatic rings. The van der Waals surface area contributed by atoms with E-state index in [0.29, 0.717) is 0 Å². The summed E-state index contributed by atoms with van der Waals surface area (Å²) < 4.78 is 1.16. The Morgan fingerprint density at radius 2 is 2.25 bits per heavy atom. The number of nitrogens with two attached hydrogens (primary N) is 1. The van der Waals surface area contributed by atoms with Crippen LogP contribution in [0, 0.1) is 12.8 Å². The normalized spacial score (nSPS) is 17.4. The van der Waals surface area contributed by atoms with Crippen molar-refractivity contribution in [1.29, 1.82) is 0 Å². The van der Waals surface area contributed by atoms with Crippen LogP contribution in [0.3, 0.4) is 0 Å². The van der Waals surface area contributed by atoms with Crippen LogP contribution in [-0.2, 0) is 0 Å². The van der Waals surface area contributed by atoms with Crippen molar-refractivity contribution in [3.63, 3.8) is 0 Å². The first-order valence-corrected chi connectivity index (χ1v) is 6.72. The number of aryl methyl sites for hydroxylation is 1. The smallest absolute Gasteiger partial charge is 0.0460 e. The highest BCUT2D eigenvalue weighted by atomic mass is 79.9. The molecule has 1 atom stereocenters. The molecule has 3 heteroatoms. The lowest BCUT2D eigenvalue weighted by atomic mass is 10.00. The first-order valence-electron chi connectivity index (χ1n) is 5.93. The maximum Gasteiger partial charge on any atom is 0.0460 e. The Hall–Kier alpha value is -0.380. The van der Waals surface area contributed by atoms with Gasteiger partial charge >= 0.3 is 0 Å². The summed E-state index contributed by atoms with van der Waals surface area (Å²) in [4.78, 5) is 0. The predicted molar refractivity (Wildman–Crippen MR) is 70.9 cm³/mol. The lowest BCUT2D eigenvalue weighted by Crippen LogP contribution is -2.28. The average molecular weight is 283 g/mol. The fourth-order valence-corrected chi connectivity index (χ4v) is 2.38. The second kappa shape index (κ2) is 5.30. The van der Waals surface area contributed by atoms with Gasteiger partial charge in [0.1, 0.15) is 0 Å². The van der Waals surface area contributed by atoms with E-state index in [9.17, 15) is 0 Å². The zero-order valence-electron chi connectivity index (χ0n) is 9.67. The van der Waals surface area contributed by atoms with Gasteiger partial charge in [0.2, 0.25) is 0 Å². The van der Waals surface area contributed by atoms with Crippen molar-refractivity contribution in [2.45, 2.75) is 38.6 Å². The first-order chi connectivity index (χ1) is 7.70. The summed E-state index contributed by atoms with van der Waals surface area (Å²) in [6.07, 6.45) is 5.25. The quantitative estimate of drug-likeness (QED) is 0.641. The van der Waals surface area contributed by atoms with Crippen molar-refractivity contribution in [3.8, 4) is 0 Å². The lowest BCUT2D eigenvalue weighted by Gasteiger charge is -2.17. The highest BCUT2D eigenvalue weighted by Crippen LogP contribution is 2.36. The van der Waals surface area contributed by atoms with Crippen LogP contribution in [0.2, 0.25) is 0 Å². The molecule has 1 aromatic carbocycles. The van der Waals surface area contributed by atoms with Crippen molar-refractivity contribution in [2.24, 2.45) is 11.8 Å². The maximum atomic E-state index is 5.63. The van der Waals surface area contributed by atoms with Gasteiger partial charge in [-0.2, -0.15) is 0 Å². The molecule has 0 aromatic heterocycles. The minimum absolute atomic E-state index is 0.289. The van der Waals surface area contributed by atoms with E-state index in [4.69, 9.17) is 5.84 Å². The van der Waals surface area contributed by atoms with Crippen molar-refractivity contribution in [2.75, 3.05) is 0 Å². The molecule has 3 N–H and O–H groups in total. The van der Waals surface area contributed by atoms with Gasteiger partial charge in [0.25, 0.3) is 0 Å². The van der Waals surface area contributed by atoms with E-state index in [2.05, 4.69) is 46.5 Å². The molecule has 0 radical (unpaired) electrons. The summed E-state index contributed by atoms with van der Waals surface area (Å²) in [5.74, 6) is 6.60. The largest absolute Gasteiger partial charge is 0.271 e. The molecule has 0 saturated heterocycles. The third-order valence-electron chi connectivity index (χ3n) is 3.36. The Kier molecular flexibility index (Phi) is 4.00. The summed E-state index contributed by atoms with van der Waals surface area (Å²) >= 11 is 3.57. The molecule has 1 aliphatic rings. The SMILES string of the molecule is Cc1ccc(C(CCC2CC2)NN)cc1Br. The third-order valence-corrected chi connectivity index (χ3v) is 4.21. The molecule has 1 aliphatic carbocycles. The van der Waals surface area contributed by atoms with Crippen LogP contribution in [0.4, 0.5) is 0 Å². The fraction of sp³-hybridized carbons (Fsp3) is 0.538. The second-order valence-electron chi connectivity index (χ2n) is 4.75. The molecule has 1 saturated carbocycles. The van der Waals surface area contributed by atoms with Crippen molar-refractivity contribution < 1.29 is 0 Å². The van der Waals surface area contributed by atoms with Crippen LogP contribution >= 0.6 is 15.9 Å². The van der Waals surface area contributed by atoms with Gasteiger partial charge in [-0.05, 0) is 42.9 Å². The zero-order valence-corrected chi connectivity index (χ0v) is 11.3. The van der Waals surface area contributed by atoms with Crippen LogP contribution < -0.4 is 11.3 Å². The highest BCUT2D eigenvalue weighted by Gasteiger charge is 2.22. The topological polar surface area (TPSA) is 38.0 Å². The summed E-state index contributed by atoms with van der Waals surface area (Å²) in [6, 6.07) is 6.77. The number of benzene rings is 1. The van der Waals surface area contributed by atoms with Gasteiger partial charge in [-0.15, -0.1) is 0 Å². The van der Waals surface area contributed by atoms with Gasteiger partial charge in [0.15, 0.2) is 0 Å². The zero-order chi connectivity index (χ0) is 11.5. The Bertz CT molecular complexity index is 361. The van der Waals surface area contributed by atoms with Crippen molar-refractivity contribution in [3.05, 3.63) is 33.8 Å². The summed E-state index contributed by atoms with van der Waals surface area (Å²) in [5.41, 5.74) is 5.47. The maximum absolute atomic E-state index is 5.63. The summed E-state index contributed by atoms with van der Waals surface area (Å²) in [6.45, 7) is 2.10. The van der Waals surface area contributed by atoms with Crippen LogP contribution in [0.15, 0.2) is 22.7 Å². The number of rotatable bonds is 5. The molecule has 16 heavy (non-hydrogen) atoms. The summed E-state index contributed by atoms with van der Waals surface area (Å²) in [5, 5.41) is 0. The molecule has 2 nitrogen and oxygen atoms in total. The molecule has 0 aliphatic heterocycles. The van der Waals surface area contributed by atoms with E-state index in [1.54, 1.807) is 0 Å². The molecule has 1 unspecified atom stereocenters. The van der Waals surface area contributed by atoms with E-state index in [-0.39, 0.29) is 6.04 Å². The Morgan fingerprint density at radius 3 is 2.81 bits per heavy atom. The Balaban J connectivity index is 2.02. The van der Waals surface area contributed by atoms with Gasteiger partial charge in [-0.25, -0.2) is 0 Å². The van der Waals surface area contributed by atoms with E-state index in [1.807, 2.05) is 0 Å². The monoisotopic (exact) mass is 282 g/mol. The van der Waals surface area contributed by atoms with Gasteiger partial charge in [0.05, 0.1) is 0 Å². The first kappa shape index (κ1) is 12.1. The van der Waals surface area contributed by atoms with E-state index < -0.39 is 0 Å². The lowest BCUT2D eigenvalue weighted by molar-refractivity contribution is 0.481. The van der Waals surface area contributed by atoms with Gasteiger partial charge in [-0.3, -0.25) is 11.3 Å². The predicted octanol–water partition coefficient (Wildman–Crippen LogP) is 3.45. The van der Waals surface area contributed by atoms with E-state index in [0.717, 1.165) is 16.8 Å². The standard InChI is InChI=1S/C13H19BrN2/c1-9-2-6-11(8-12(9)14)13(16-15)7-5-10-3-4-10/h2,6,8,10,13,16H,3-5,7,15H2,1H3. The average Bonchev–Trinajstić information content (AvgIpc) is 3.08. The molecule has 0 bridgehead atoms. The van der Waals surface area contributed by atoms with Crippen molar-refractivity contribution >= 4 is 15.9 Å². The second-order valence-corrected chi connectivity index (χ2v) is 5.60. The minimum Gasteiger partial charge on any atom is -0.271 e. The highest BCUT2D eigenvalue weighted by molar-refractivity contribution is 9.10. The molecule has 1 fully saturated rings. The summed E-state index contributed by atoms with van der Waals surface area (Å²) in [7, 11) is 0. The van der Waals surface area contributed by atoms with Crippen molar-refractivity contribution in [1.82, 2.24) is 5.43 Å². The van der Waals surface area contributed by atoms with Crippen LogP contribution in [-0.4, -0.2) is 0 Å². The number of hydrazine groups is 1. The minimum atomic E-state index is 0.289. The van der Waals surface area contributed by atoms with Crippen LogP contribution in [0.1, 0.15) is 42.9 Å². The van der Waals surface area contributed by atoms with Crippen LogP contribution in [0.25, 0.3) is 0 Å². The molecule has 88 valence electrons. The van der Waals surface area contributed by atoms with Crippen LogP contribution in [0.5, 0.6) is 0 Å². The van der Waals surface area contributed by atoms with Gasteiger partial charge in [-0.1, -0.05) is 40.9 Å². The molecule has 0 amide bonds. The number of halogens is 1. The molecule has 2 rings (SSSR count). The number of hydrogen-bond donors (Lipinski definition) is 2. The van der Waals surface area contributed by atoms with Gasteiger partial charge in [0, 0.05) is 10.5 Å². The van der Waals surface area contributed by atoms with Gasteiger partial charge < -0.3 is 0 Å². The molecule has 0 spiro atoms. The molecule has 0 heterocycles. The molecular formula is C13H19BrN2.